The highest BCUT2D eigenvalue weighted by atomic mass is 15.1. The molecule has 1 saturated heterocycles. The first-order chi connectivity index (χ1) is 16.7. The zero-order valence-corrected chi connectivity index (χ0v) is 24.6. The summed E-state index contributed by atoms with van der Waals surface area (Å²) in [5.74, 6) is 3.02. The Kier molecular flexibility index (Phi) is 22.0. The van der Waals surface area contributed by atoms with Crippen LogP contribution in [0.3, 0.4) is 0 Å². The Labute approximate surface area is 217 Å². The normalized spacial score (nSPS) is 16.5. The summed E-state index contributed by atoms with van der Waals surface area (Å²) in [7, 11) is 0. The van der Waals surface area contributed by atoms with Crippen molar-refractivity contribution in [3.05, 3.63) is 0 Å². The molecule has 1 nitrogen and oxygen atoms in total. The molecule has 0 aromatic heterocycles. The molecule has 0 aromatic carbocycles. The second-order valence-corrected chi connectivity index (χ2v) is 12.1. The van der Waals surface area contributed by atoms with Crippen molar-refractivity contribution < 1.29 is 0 Å². The minimum absolute atomic E-state index is 0.970. The molecule has 1 aliphatic rings. The predicted molar refractivity (Wildman–Crippen MR) is 156 cm³/mol. The van der Waals surface area contributed by atoms with Crippen molar-refractivity contribution in [3.8, 4) is 0 Å². The number of hydrogen-bond donors (Lipinski definition) is 0. The third-order valence-electron chi connectivity index (χ3n) is 8.81. The van der Waals surface area contributed by atoms with E-state index in [1.54, 1.807) is 0 Å². The van der Waals surface area contributed by atoms with Gasteiger partial charge in [0.05, 0.1) is 0 Å². The van der Waals surface area contributed by atoms with Crippen molar-refractivity contribution >= 4 is 0 Å². The summed E-state index contributed by atoms with van der Waals surface area (Å²) >= 11 is 0. The molecule has 0 saturated carbocycles. The predicted octanol–water partition coefficient (Wildman–Crippen LogP) is 11.2. The van der Waals surface area contributed by atoms with Crippen molar-refractivity contribution in [3.63, 3.8) is 0 Å². The first-order valence-electron chi connectivity index (χ1n) is 16.5. The summed E-state index contributed by atoms with van der Waals surface area (Å²) in [4.78, 5) is 2.86. The average molecular weight is 478 g/mol. The van der Waals surface area contributed by atoms with Crippen molar-refractivity contribution in [2.45, 2.75) is 175 Å². The molecule has 1 atom stereocenters. The van der Waals surface area contributed by atoms with Gasteiger partial charge in [0.1, 0.15) is 0 Å². The van der Waals surface area contributed by atoms with E-state index in [-0.39, 0.29) is 0 Å². The van der Waals surface area contributed by atoms with E-state index in [4.69, 9.17) is 0 Å². The number of piperidine rings is 1. The number of rotatable bonds is 24. The molecule has 0 N–H and O–H groups in total. The largest absolute Gasteiger partial charge is 0.303 e. The van der Waals surface area contributed by atoms with E-state index >= 15 is 0 Å². The van der Waals surface area contributed by atoms with E-state index in [9.17, 15) is 0 Å². The molecule has 0 spiro atoms. The van der Waals surface area contributed by atoms with Crippen LogP contribution in [0.15, 0.2) is 0 Å². The van der Waals surface area contributed by atoms with Gasteiger partial charge in [0.2, 0.25) is 0 Å². The molecule has 1 unspecified atom stereocenters. The second-order valence-electron chi connectivity index (χ2n) is 12.1. The van der Waals surface area contributed by atoms with Gasteiger partial charge in [-0.3, -0.25) is 0 Å². The van der Waals surface area contributed by atoms with Gasteiger partial charge in [-0.2, -0.15) is 0 Å². The molecule has 1 heteroatoms. The van der Waals surface area contributed by atoms with Gasteiger partial charge in [0.15, 0.2) is 0 Å². The summed E-state index contributed by atoms with van der Waals surface area (Å²) in [5, 5.41) is 0. The summed E-state index contributed by atoms with van der Waals surface area (Å²) in [6.45, 7) is 13.6. The topological polar surface area (TPSA) is 3.24 Å². The van der Waals surface area contributed by atoms with Crippen molar-refractivity contribution in [1.29, 1.82) is 0 Å². The summed E-state index contributed by atoms with van der Waals surface area (Å²) in [6, 6.07) is 0. The molecule has 204 valence electrons. The van der Waals surface area contributed by atoms with E-state index in [1.165, 1.54) is 167 Å². The molecular formula is C33H67N. The maximum Gasteiger partial charge on any atom is 0.000966 e. The molecule has 0 aromatic rings. The number of unbranched alkanes of at least 4 members (excludes halogenated alkanes) is 10. The van der Waals surface area contributed by atoms with E-state index < -0.39 is 0 Å². The smallest absolute Gasteiger partial charge is 0.000966 e. The van der Waals surface area contributed by atoms with Crippen LogP contribution in [-0.2, 0) is 0 Å². The molecular weight excluding hydrogens is 410 g/mol. The summed E-state index contributed by atoms with van der Waals surface area (Å²) in [6.07, 6.45) is 33.6. The number of nitrogens with zero attached hydrogens (tertiary/aromatic N) is 1. The highest BCUT2D eigenvalue weighted by Crippen LogP contribution is 2.29. The van der Waals surface area contributed by atoms with Crippen LogP contribution < -0.4 is 0 Å². The average Bonchev–Trinajstić information content (AvgIpc) is 2.86. The van der Waals surface area contributed by atoms with Crippen molar-refractivity contribution in [1.82, 2.24) is 4.90 Å². The van der Waals surface area contributed by atoms with Crippen LogP contribution in [0.4, 0.5) is 0 Å². The van der Waals surface area contributed by atoms with Crippen LogP contribution >= 0.6 is 0 Å². The van der Waals surface area contributed by atoms with Gasteiger partial charge in [0.25, 0.3) is 0 Å². The van der Waals surface area contributed by atoms with Crippen molar-refractivity contribution in [2.24, 2.45) is 17.8 Å². The Hall–Kier alpha value is -0.0400. The fourth-order valence-electron chi connectivity index (χ4n) is 6.35. The Balaban J connectivity index is 2.28. The van der Waals surface area contributed by atoms with Gasteiger partial charge < -0.3 is 4.90 Å². The lowest BCUT2D eigenvalue weighted by molar-refractivity contribution is 0.145. The molecule has 0 amide bonds. The maximum absolute atomic E-state index is 2.86. The van der Waals surface area contributed by atoms with Crippen LogP contribution in [-0.4, -0.2) is 24.5 Å². The van der Waals surface area contributed by atoms with Crippen LogP contribution in [0.5, 0.6) is 0 Å². The van der Waals surface area contributed by atoms with Crippen molar-refractivity contribution in [2.75, 3.05) is 19.6 Å². The zero-order valence-electron chi connectivity index (χ0n) is 24.6. The highest BCUT2D eigenvalue weighted by molar-refractivity contribution is 4.76. The van der Waals surface area contributed by atoms with Crippen LogP contribution in [0.1, 0.15) is 175 Å². The summed E-state index contributed by atoms with van der Waals surface area (Å²) < 4.78 is 0. The zero-order chi connectivity index (χ0) is 24.7. The van der Waals surface area contributed by atoms with E-state index in [2.05, 4.69) is 32.6 Å². The number of hydrogen-bond acceptors (Lipinski definition) is 1. The van der Waals surface area contributed by atoms with E-state index in [0.29, 0.717) is 0 Å². The molecule has 1 rings (SSSR count). The minimum Gasteiger partial charge on any atom is -0.303 e. The fraction of sp³-hybridized carbons (Fsp3) is 1.00. The monoisotopic (exact) mass is 478 g/mol. The van der Waals surface area contributed by atoms with Gasteiger partial charge in [-0.05, 0) is 56.5 Å². The first kappa shape index (κ1) is 32.0. The van der Waals surface area contributed by atoms with Gasteiger partial charge in [-0.25, -0.2) is 0 Å². The van der Waals surface area contributed by atoms with Gasteiger partial charge in [0, 0.05) is 6.54 Å². The third kappa shape index (κ3) is 17.4. The fourth-order valence-corrected chi connectivity index (χ4v) is 6.35. The van der Waals surface area contributed by atoms with Gasteiger partial charge in [-0.15, -0.1) is 0 Å². The molecule has 0 bridgehead atoms. The Morgan fingerprint density at radius 3 is 1.44 bits per heavy atom. The second kappa shape index (κ2) is 23.4. The molecule has 0 radical (unpaired) electrons. The van der Waals surface area contributed by atoms with Gasteiger partial charge in [-0.1, -0.05) is 150 Å². The Morgan fingerprint density at radius 2 is 0.941 bits per heavy atom. The van der Waals surface area contributed by atoms with Crippen LogP contribution in [0.25, 0.3) is 0 Å². The highest BCUT2D eigenvalue weighted by Gasteiger charge is 2.22. The third-order valence-corrected chi connectivity index (χ3v) is 8.81. The molecule has 1 aliphatic heterocycles. The lowest BCUT2D eigenvalue weighted by atomic mass is 9.86. The lowest BCUT2D eigenvalue weighted by Gasteiger charge is -2.34. The maximum atomic E-state index is 2.86. The van der Waals surface area contributed by atoms with Gasteiger partial charge >= 0.3 is 0 Å². The molecule has 0 aliphatic carbocycles. The van der Waals surface area contributed by atoms with Crippen LogP contribution in [0, 0.1) is 17.8 Å². The summed E-state index contributed by atoms with van der Waals surface area (Å²) in [5.41, 5.74) is 0. The Morgan fingerprint density at radius 1 is 0.500 bits per heavy atom. The minimum atomic E-state index is 0.970. The van der Waals surface area contributed by atoms with Crippen LogP contribution in [0.2, 0.25) is 0 Å². The molecule has 1 fully saturated rings. The van der Waals surface area contributed by atoms with E-state index in [0.717, 1.165) is 17.8 Å². The SMILES string of the molecule is CCCCCCC(CCCC)CCCC1CCN(CC(CCCCCC)CCCCCC)CC1. The Bertz CT molecular complexity index is 385. The molecule has 1 heterocycles. The first-order valence-corrected chi connectivity index (χ1v) is 16.5. The molecule has 34 heavy (non-hydrogen) atoms. The number of likely N-dealkylation sites (tertiary alicyclic amines) is 1. The standard InChI is InChI=1S/C33H67N/c1-5-9-13-16-21-31(20-12-8-4)24-19-25-32-26-28-34(29-27-32)30-33(22-17-14-10-6-2)23-18-15-11-7-3/h31-33H,5-30H2,1-4H3. The van der Waals surface area contributed by atoms with E-state index in [1.807, 2.05) is 0 Å². The lowest BCUT2D eigenvalue weighted by Crippen LogP contribution is -2.37. The quantitative estimate of drug-likeness (QED) is 0.125.